The second-order valence-corrected chi connectivity index (χ2v) is 6.57. The van der Waals surface area contributed by atoms with Crippen LogP contribution in [0, 0.1) is 12.7 Å². The number of nitrogens with zero attached hydrogens (tertiary/aromatic N) is 2. The number of benzene rings is 2. The first-order valence-corrected chi connectivity index (χ1v) is 9.10. The molecule has 0 aliphatic carbocycles. The number of ether oxygens (including phenoxy) is 1. The fraction of sp³-hybridized carbons (Fsp3) is 0.381. The van der Waals surface area contributed by atoms with Crippen molar-refractivity contribution in [3.05, 3.63) is 59.9 Å². The number of amides is 1. The molecular weight excluding hydrogens is 331 g/mol. The van der Waals surface area contributed by atoms with Crippen molar-refractivity contribution >= 4 is 11.6 Å². The normalized spacial score (nSPS) is 15.7. The minimum absolute atomic E-state index is 0.0366. The van der Waals surface area contributed by atoms with E-state index in [0.29, 0.717) is 19.5 Å². The fourth-order valence-electron chi connectivity index (χ4n) is 3.19. The lowest BCUT2D eigenvalue weighted by Crippen LogP contribution is -2.52. The van der Waals surface area contributed by atoms with Gasteiger partial charge in [-0.3, -0.25) is 4.79 Å². The molecule has 5 heteroatoms. The summed E-state index contributed by atoms with van der Waals surface area (Å²) in [7, 11) is 0. The van der Waals surface area contributed by atoms with Gasteiger partial charge in [0.05, 0.1) is 0 Å². The van der Waals surface area contributed by atoms with Crippen molar-refractivity contribution in [2.75, 3.05) is 31.1 Å². The van der Waals surface area contributed by atoms with Crippen LogP contribution in [0.4, 0.5) is 10.1 Å². The maximum absolute atomic E-state index is 13.1. The van der Waals surface area contributed by atoms with E-state index < -0.39 is 6.10 Å². The smallest absolute Gasteiger partial charge is 0.263 e. The summed E-state index contributed by atoms with van der Waals surface area (Å²) in [5.41, 5.74) is 2.02. The lowest BCUT2D eigenvalue weighted by molar-refractivity contribution is -0.139. The lowest BCUT2D eigenvalue weighted by Gasteiger charge is -2.37. The molecule has 1 amide bonds. The molecule has 1 atom stereocenters. The highest BCUT2D eigenvalue weighted by molar-refractivity contribution is 5.81. The summed E-state index contributed by atoms with van der Waals surface area (Å²) in [4.78, 5) is 16.9. The molecule has 0 aromatic heterocycles. The Hall–Kier alpha value is -2.56. The molecular formula is C21H25FN2O2. The largest absolute Gasteiger partial charge is 0.480 e. The van der Waals surface area contributed by atoms with Crippen LogP contribution in [0.15, 0.2) is 48.5 Å². The number of hydrogen-bond donors (Lipinski definition) is 0. The van der Waals surface area contributed by atoms with Gasteiger partial charge in [0.1, 0.15) is 11.6 Å². The Morgan fingerprint density at radius 2 is 1.73 bits per heavy atom. The number of carbonyl (C=O) groups is 1. The number of aryl methyl sites for hydroxylation is 1. The molecule has 1 aliphatic rings. The van der Waals surface area contributed by atoms with Crippen LogP contribution in [0.1, 0.15) is 18.9 Å². The summed E-state index contributed by atoms with van der Waals surface area (Å²) in [5, 5.41) is 0. The first-order chi connectivity index (χ1) is 12.6. The Kier molecular flexibility index (Phi) is 5.76. The van der Waals surface area contributed by atoms with Crippen LogP contribution < -0.4 is 9.64 Å². The molecule has 1 aliphatic heterocycles. The van der Waals surface area contributed by atoms with Crippen LogP contribution >= 0.6 is 0 Å². The van der Waals surface area contributed by atoms with Crippen LogP contribution in [0.25, 0.3) is 0 Å². The highest BCUT2D eigenvalue weighted by atomic mass is 19.1. The number of anilines is 1. The van der Waals surface area contributed by atoms with Crippen LogP contribution in [-0.4, -0.2) is 43.1 Å². The van der Waals surface area contributed by atoms with E-state index in [-0.39, 0.29) is 11.7 Å². The number of halogens is 1. The SMILES string of the molecule is CC[C@H](Oc1ccccc1C)C(=O)N1CCN(c2ccc(F)cc2)CC1. The van der Waals surface area contributed by atoms with Gasteiger partial charge in [-0.2, -0.15) is 0 Å². The zero-order valence-corrected chi connectivity index (χ0v) is 15.3. The van der Waals surface area contributed by atoms with E-state index in [0.717, 1.165) is 30.1 Å². The monoisotopic (exact) mass is 356 g/mol. The Morgan fingerprint density at radius 3 is 2.35 bits per heavy atom. The molecule has 26 heavy (non-hydrogen) atoms. The minimum atomic E-state index is -0.464. The van der Waals surface area contributed by atoms with Crippen molar-refractivity contribution in [3.8, 4) is 5.75 Å². The van der Waals surface area contributed by atoms with Gasteiger partial charge in [0, 0.05) is 31.9 Å². The summed E-state index contributed by atoms with van der Waals surface area (Å²) >= 11 is 0. The van der Waals surface area contributed by atoms with Gasteiger partial charge in [0.2, 0.25) is 0 Å². The predicted octanol–water partition coefficient (Wildman–Crippen LogP) is 3.64. The maximum atomic E-state index is 13.1. The molecule has 1 saturated heterocycles. The van der Waals surface area contributed by atoms with Gasteiger partial charge in [-0.15, -0.1) is 0 Å². The van der Waals surface area contributed by atoms with Crippen LogP contribution in [0.5, 0.6) is 5.75 Å². The average Bonchev–Trinajstić information content (AvgIpc) is 2.68. The average molecular weight is 356 g/mol. The summed E-state index contributed by atoms with van der Waals surface area (Å²) in [5.74, 6) is 0.564. The second-order valence-electron chi connectivity index (χ2n) is 6.57. The summed E-state index contributed by atoms with van der Waals surface area (Å²) in [6.07, 6.45) is 0.166. The number of para-hydroxylation sites is 1. The van der Waals surface area contributed by atoms with Gasteiger partial charge in [-0.1, -0.05) is 25.1 Å². The van der Waals surface area contributed by atoms with Gasteiger partial charge in [0.25, 0.3) is 5.91 Å². The molecule has 2 aromatic carbocycles. The van der Waals surface area contributed by atoms with Crippen molar-refractivity contribution in [1.29, 1.82) is 0 Å². The van der Waals surface area contributed by atoms with Gasteiger partial charge in [-0.25, -0.2) is 4.39 Å². The third-order valence-corrected chi connectivity index (χ3v) is 4.79. The molecule has 0 N–H and O–H groups in total. The number of rotatable bonds is 5. The molecule has 2 aromatic rings. The van der Waals surface area contributed by atoms with Crippen molar-refractivity contribution < 1.29 is 13.9 Å². The highest BCUT2D eigenvalue weighted by Crippen LogP contribution is 2.21. The third kappa shape index (κ3) is 4.15. The van der Waals surface area contributed by atoms with Gasteiger partial charge >= 0.3 is 0 Å². The lowest BCUT2D eigenvalue weighted by atomic mass is 10.2. The number of hydrogen-bond acceptors (Lipinski definition) is 3. The van der Waals surface area contributed by atoms with Crippen molar-refractivity contribution in [2.24, 2.45) is 0 Å². The topological polar surface area (TPSA) is 32.8 Å². The Balaban J connectivity index is 1.59. The Labute approximate surface area is 154 Å². The fourth-order valence-corrected chi connectivity index (χ4v) is 3.19. The molecule has 3 rings (SSSR count). The highest BCUT2D eigenvalue weighted by Gasteiger charge is 2.28. The Morgan fingerprint density at radius 1 is 1.08 bits per heavy atom. The van der Waals surface area contributed by atoms with E-state index in [2.05, 4.69) is 4.90 Å². The number of carbonyl (C=O) groups excluding carboxylic acids is 1. The summed E-state index contributed by atoms with van der Waals surface area (Å²) < 4.78 is 19.1. The zero-order chi connectivity index (χ0) is 18.5. The standard InChI is InChI=1S/C21H25FN2O2/c1-3-19(26-20-7-5-4-6-16(20)2)21(25)24-14-12-23(13-15-24)18-10-8-17(22)9-11-18/h4-11,19H,3,12-15H2,1-2H3/t19-/m0/s1. The quantitative estimate of drug-likeness (QED) is 0.820. The first-order valence-electron chi connectivity index (χ1n) is 9.10. The van der Waals surface area contributed by atoms with Gasteiger partial charge in [0.15, 0.2) is 6.10 Å². The maximum Gasteiger partial charge on any atom is 0.263 e. The van der Waals surface area contributed by atoms with E-state index in [1.54, 1.807) is 12.1 Å². The van der Waals surface area contributed by atoms with Gasteiger partial charge in [-0.05, 0) is 49.2 Å². The van der Waals surface area contributed by atoms with E-state index in [9.17, 15) is 9.18 Å². The van der Waals surface area contributed by atoms with Crippen LogP contribution in [0.3, 0.4) is 0 Å². The molecule has 1 fully saturated rings. The molecule has 4 nitrogen and oxygen atoms in total. The van der Waals surface area contributed by atoms with Crippen molar-refractivity contribution in [2.45, 2.75) is 26.4 Å². The number of piperazine rings is 1. The Bertz CT molecular complexity index is 740. The van der Waals surface area contributed by atoms with Crippen LogP contribution in [0.2, 0.25) is 0 Å². The molecule has 138 valence electrons. The summed E-state index contributed by atoms with van der Waals surface area (Å²) in [6, 6.07) is 14.3. The molecule has 0 saturated carbocycles. The molecule has 0 radical (unpaired) electrons. The minimum Gasteiger partial charge on any atom is -0.480 e. The zero-order valence-electron chi connectivity index (χ0n) is 15.3. The third-order valence-electron chi connectivity index (χ3n) is 4.79. The molecule has 0 bridgehead atoms. The molecule has 0 spiro atoms. The molecule has 0 unspecified atom stereocenters. The van der Waals surface area contributed by atoms with E-state index in [4.69, 9.17) is 4.74 Å². The summed E-state index contributed by atoms with van der Waals surface area (Å²) in [6.45, 7) is 6.70. The molecule has 1 heterocycles. The predicted molar refractivity (Wildman–Crippen MR) is 101 cm³/mol. The van der Waals surface area contributed by atoms with E-state index in [1.165, 1.54) is 12.1 Å². The van der Waals surface area contributed by atoms with Crippen LogP contribution in [-0.2, 0) is 4.79 Å². The van der Waals surface area contributed by atoms with E-state index >= 15 is 0 Å². The first kappa shape index (κ1) is 18.2. The van der Waals surface area contributed by atoms with E-state index in [1.807, 2.05) is 43.0 Å². The van der Waals surface area contributed by atoms with Crippen molar-refractivity contribution in [3.63, 3.8) is 0 Å². The second kappa shape index (κ2) is 8.21. The van der Waals surface area contributed by atoms with Gasteiger partial charge < -0.3 is 14.5 Å². The van der Waals surface area contributed by atoms with Crippen molar-refractivity contribution in [1.82, 2.24) is 4.90 Å².